The highest BCUT2D eigenvalue weighted by Crippen LogP contribution is 2.54. The van der Waals surface area contributed by atoms with Crippen LogP contribution < -0.4 is 15.5 Å². The number of amides is 2. The van der Waals surface area contributed by atoms with Crippen LogP contribution in [0.25, 0.3) is 0 Å². The lowest BCUT2D eigenvalue weighted by molar-refractivity contribution is -0.132. The molecule has 2 aromatic carbocycles. The second-order valence-electron chi connectivity index (χ2n) is 9.43. The van der Waals surface area contributed by atoms with Gasteiger partial charge in [0.25, 0.3) is 11.8 Å². The molecular formula is C25H31N3O5S. The Hall–Kier alpha value is -2.59. The van der Waals surface area contributed by atoms with Gasteiger partial charge < -0.3 is 19.5 Å². The van der Waals surface area contributed by atoms with Crippen molar-refractivity contribution in [2.45, 2.75) is 41.7 Å². The van der Waals surface area contributed by atoms with E-state index >= 15 is 0 Å². The predicted octanol–water partition coefficient (Wildman–Crippen LogP) is 3.09. The third kappa shape index (κ3) is 4.79. The van der Waals surface area contributed by atoms with Crippen LogP contribution in [0, 0.1) is 5.41 Å². The van der Waals surface area contributed by atoms with Crippen LogP contribution in [0.15, 0.2) is 53.4 Å². The first-order chi connectivity index (χ1) is 16.3. The number of hydrogen-bond donors (Lipinski definition) is 3. The summed E-state index contributed by atoms with van der Waals surface area (Å²) in [6, 6.07) is 13.7. The number of nitrogens with one attached hydrogen (secondary N) is 2. The Morgan fingerprint density at radius 1 is 1.00 bits per heavy atom. The maximum absolute atomic E-state index is 13.7. The summed E-state index contributed by atoms with van der Waals surface area (Å²) in [5.41, 5.74) is 2.34. The molecule has 1 saturated heterocycles. The summed E-state index contributed by atoms with van der Waals surface area (Å²) in [6.45, 7) is 1.78. The largest absolute Gasteiger partial charge is 0.611 e. The van der Waals surface area contributed by atoms with E-state index in [4.69, 9.17) is 4.74 Å². The zero-order valence-electron chi connectivity index (χ0n) is 19.5. The van der Waals surface area contributed by atoms with Gasteiger partial charge in [0, 0.05) is 43.7 Å². The highest BCUT2D eigenvalue weighted by Gasteiger charge is 2.60. The lowest BCUT2D eigenvalue weighted by Crippen LogP contribution is -2.51. The second-order valence-corrected chi connectivity index (χ2v) is 11.2. The second kappa shape index (κ2) is 9.95. The van der Waals surface area contributed by atoms with Gasteiger partial charge in [0.2, 0.25) is 4.75 Å². The van der Waals surface area contributed by atoms with Crippen molar-refractivity contribution in [3.63, 3.8) is 0 Å². The Morgan fingerprint density at radius 2 is 1.59 bits per heavy atom. The Morgan fingerprint density at radius 3 is 2.15 bits per heavy atom. The molecule has 1 aliphatic heterocycles. The summed E-state index contributed by atoms with van der Waals surface area (Å²) in [5.74, 6) is 0.463. The van der Waals surface area contributed by atoms with Gasteiger partial charge >= 0.3 is 0 Å². The number of hydrogen-bond acceptors (Lipinski definition) is 6. The minimum Gasteiger partial charge on any atom is -0.611 e. The van der Waals surface area contributed by atoms with Crippen LogP contribution in [-0.2, 0) is 16.0 Å². The molecule has 9 heteroatoms. The third-order valence-corrected chi connectivity index (χ3v) is 8.98. The summed E-state index contributed by atoms with van der Waals surface area (Å²) in [5, 5.41) is 12.8. The lowest BCUT2D eigenvalue weighted by atomic mass is 9.77. The molecule has 8 nitrogen and oxygen atoms in total. The van der Waals surface area contributed by atoms with Crippen LogP contribution in [0.3, 0.4) is 0 Å². The van der Waals surface area contributed by atoms with E-state index in [1.54, 1.807) is 68.1 Å². The van der Waals surface area contributed by atoms with E-state index in [-0.39, 0.29) is 11.3 Å². The molecule has 1 saturated carbocycles. The molecule has 2 amide bonds. The monoisotopic (exact) mass is 485 g/mol. The number of ether oxygens (including phenoxy) is 1. The van der Waals surface area contributed by atoms with Crippen molar-refractivity contribution in [3.8, 4) is 11.5 Å². The quantitative estimate of drug-likeness (QED) is 0.329. The zero-order valence-corrected chi connectivity index (χ0v) is 20.3. The van der Waals surface area contributed by atoms with Crippen LogP contribution in [0.2, 0.25) is 0 Å². The van der Waals surface area contributed by atoms with E-state index in [0.717, 1.165) is 32.4 Å². The van der Waals surface area contributed by atoms with Gasteiger partial charge in [-0.2, -0.15) is 0 Å². The number of carbonyl (C=O) groups excluding carboxylic acids is 2. The first-order valence-corrected chi connectivity index (χ1v) is 12.6. The van der Waals surface area contributed by atoms with Crippen molar-refractivity contribution in [2.24, 2.45) is 5.41 Å². The topological polar surface area (TPSA) is 114 Å². The van der Waals surface area contributed by atoms with Crippen molar-refractivity contribution in [1.82, 2.24) is 15.7 Å². The molecule has 0 aromatic heterocycles. The summed E-state index contributed by atoms with van der Waals surface area (Å²) < 4.78 is 18.4. The molecule has 1 spiro atoms. The zero-order chi connectivity index (χ0) is 24.3. The van der Waals surface area contributed by atoms with Gasteiger partial charge in [-0.05, 0) is 86.3 Å². The number of benzene rings is 2. The number of piperidine rings is 1. The molecule has 2 aliphatic rings. The molecule has 1 heterocycles. The van der Waals surface area contributed by atoms with Gasteiger partial charge in [-0.15, -0.1) is 0 Å². The number of rotatable bonds is 6. The van der Waals surface area contributed by atoms with Crippen LogP contribution >= 0.6 is 0 Å². The molecule has 4 rings (SSSR count). The molecule has 2 fully saturated rings. The Kier molecular flexibility index (Phi) is 7.18. The standard InChI is InChI=1S/C25H31N3O5S/c1-28(2)22(29)18-3-5-19(6-4-18)33-20-7-9-21(10-8-20)34(32)25(23(30)27-31)12-11-24(17-25)13-15-26-16-14-24/h3-10,26,31H,11-17H2,1-2H3,(H,27,30). The van der Waals surface area contributed by atoms with Gasteiger partial charge in [0.1, 0.15) is 11.5 Å². The van der Waals surface area contributed by atoms with Crippen LogP contribution in [0.4, 0.5) is 0 Å². The molecule has 2 atom stereocenters. The Balaban J connectivity index is 1.49. The molecular weight excluding hydrogens is 454 g/mol. The van der Waals surface area contributed by atoms with Crippen LogP contribution in [0.5, 0.6) is 11.5 Å². The van der Waals surface area contributed by atoms with Crippen molar-refractivity contribution >= 4 is 23.0 Å². The fourth-order valence-electron chi connectivity index (χ4n) is 5.09. The smallest absolute Gasteiger partial charge is 0.299 e. The average Bonchev–Trinajstić information content (AvgIpc) is 3.23. The van der Waals surface area contributed by atoms with E-state index in [0.29, 0.717) is 34.8 Å². The average molecular weight is 486 g/mol. The highest BCUT2D eigenvalue weighted by molar-refractivity contribution is 7.93. The molecule has 34 heavy (non-hydrogen) atoms. The van der Waals surface area contributed by atoms with E-state index in [1.165, 1.54) is 4.90 Å². The first-order valence-electron chi connectivity index (χ1n) is 11.5. The van der Waals surface area contributed by atoms with Gasteiger partial charge in [-0.25, -0.2) is 5.48 Å². The Labute approximate surface area is 202 Å². The van der Waals surface area contributed by atoms with Gasteiger partial charge in [-0.3, -0.25) is 14.8 Å². The Bertz CT molecular complexity index is 1020. The maximum Gasteiger partial charge on any atom is 0.299 e. The van der Waals surface area contributed by atoms with Crippen LogP contribution in [0.1, 0.15) is 42.5 Å². The van der Waals surface area contributed by atoms with Gasteiger partial charge in [-0.1, -0.05) is 0 Å². The molecule has 3 N–H and O–H groups in total. The normalized spacial score (nSPS) is 22.2. The van der Waals surface area contributed by atoms with E-state index < -0.39 is 21.8 Å². The maximum atomic E-state index is 13.7. The number of hydroxylamine groups is 1. The van der Waals surface area contributed by atoms with E-state index in [2.05, 4.69) is 5.32 Å². The summed E-state index contributed by atoms with van der Waals surface area (Å²) >= 11 is -1.63. The molecule has 0 bridgehead atoms. The predicted molar refractivity (Wildman–Crippen MR) is 128 cm³/mol. The highest BCUT2D eigenvalue weighted by atomic mass is 32.2. The molecule has 1 aliphatic carbocycles. The van der Waals surface area contributed by atoms with E-state index in [9.17, 15) is 19.3 Å². The number of nitrogens with zero attached hydrogens (tertiary/aromatic N) is 1. The molecule has 182 valence electrons. The minimum absolute atomic E-state index is 0.0173. The van der Waals surface area contributed by atoms with Crippen LogP contribution in [-0.4, -0.2) is 58.4 Å². The fourth-order valence-corrected chi connectivity index (χ4v) is 6.86. The molecule has 2 unspecified atom stereocenters. The number of carbonyl (C=O) groups is 2. The fraction of sp³-hybridized carbons (Fsp3) is 0.440. The van der Waals surface area contributed by atoms with Gasteiger partial charge in [0.15, 0.2) is 4.90 Å². The molecule has 0 radical (unpaired) electrons. The SMILES string of the molecule is CN(C)C(=O)c1ccc(Oc2ccc([S+]([O-])C3(C(=O)NO)CCC4(CCNCC4)C3)cc2)cc1. The van der Waals surface area contributed by atoms with Gasteiger partial charge in [0.05, 0.1) is 0 Å². The van der Waals surface area contributed by atoms with E-state index in [1.807, 2.05) is 0 Å². The summed E-state index contributed by atoms with van der Waals surface area (Å²) in [4.78, 5) is 26.8. The molecule has 2 aromatic rings. The summed E-state index contributed by atoms with van der Waals surface area (Å²) in [7, 11) is 3.40. The summed E-state index contributed by atoms with van der Waals surface area (Å²) in [6.07, 6.45) is 3.67. The lowest BCUT2D eigenvalue weighted by Gasteiger charge is -2.36. The van der Waals surface area contributed by atoms with Crippen molar-refractivity contribution < 1.29 is 24.1 Å². The van der Waals surface area contributed by atoms with Crippen molar-refractivity contribution in [1.29, 1.82) is 0 Å². The first kappa shape index (κ1) is 24.5. The third-order valence-electron chi connectivity index (χ3n) is 7.04. The van der Waals surface area contributed by atoms with Crippen molar-refractivity contribution in [2.75, 3.05) is 27.2 Å². The van der Waals surface area contributed by atoms with Crippen molar-refractivity contribution in [3.05, 3.63) is 54.1 Å². The minimum atomic E-state index is -1.63.